The van der Waals surface area contributed by atoms with E-state index >= 15 is 0 Å². The predicted octanol–water partition coefficient (Wildman–Crippen LogP) is 1.02. The lowest BCUT2D eigenvalue weighted by atomic mass is 9.75. The summed E-state index contributed by atoms with van der Waals surface area (Å²) in [6.07, 6.45) is 2.73. The maximum Gasteiger partial charge on any atom is 0.410 e. The molecule has 2 aliphatic rings. The van der Waals surface area contributed by atoms with Crippen molar-refractivity contribution in [1.82, 2.24) is 4.90 Å². The second kappa shape index (κ2) is 4.97. The van der Waals surface area contributed by atoms with Crippen LogP contribution in [0.5, 0.6) is 0 Å². The number of carbonyl (C=O) groups excluding carboxylic acids is 1. The molecule has 1 spiro atoms. The van der Waals surface area contributed by atoms with Crippen LogP contribution in [-0.4, -0.2) is 53.5 Å². The number of rotatable bonds is 3. The number of carboxylic acids is 1. The molecule has 2 rings (SSSR count). The Balaban J connectivity index is 2.07. The second-order valence-corrected chi connectivity index (χ2v) is 4.69. The van der Waals surface area contributed by atoms with Crippen LogP contribution < -0.4 is 0 Å². The molecule has 18 heavy (non-hydrogen) atoms. The largest absolute Gasteiger partial charge is 0.479 e. The van der Waals surface area contributed by atoms with E-state index < -0.39 is 18.2 Å². The molecular weight excluding hydrogens is 238 g/mol. The average Bonchev–Trinajstić information content (AvgIpc) is 2.33. The van der Waals surface area contributed by atoms with Gasteiger partial charge in [-0.2, -0.15) is 0 Å². The van der Waals surface area contributed by atoms with Crippen molar-refractivity contribution >= 4 is 12.1 Å². The Morgan fingerprint density at radius 3 is 2.78 bits per heavy atom. The maximum absolute atomic E-state index is 11.9. The summed E-state index contributed by atoms with van der Waals surface area (Å²) in [6, 6.07) is 0. The maximum atomic E-state index is 11.9. The van der Waals surface area contributed by atoms with Gasteiger partial charge in [0, 0.05) is 0 Å². The van der Waals surface area contributed by atoms with Crippen LogP contribution in [0.15, 0.2) is 12.7 Å². The summed E-state index contributed by atoms with van der Waals surface area (Å²) < 4.78 is 10.3. The number of hydrogen-bond donors (Lipinski definition) is 1. The lowest BCUT2D eigenvalue weighted by Crippen LogP contribution is -2.65. The first-order chi connectivity index (χ1) is 8.59. The van der Waals surface area contributed by atoms with Crippen LogP contribution in [0.1, 0.15) is 19.3 Å². The Kier molecular flexibility index (Phi) is 3.56. The number of amides is 1. The molecule has 1 aliphatic heterocycles. The molecule has 1 saturated carbocycles. The first-order valence-corrected chi connectivity index (χ1v) is 5.99. The topological polar surface area (TPSA) is 76.1 Å². The quantitative estimate of drug-likeness (QED) is 0.762. The van der Waals surface area contributed by atoms with E-state index in [-0.39, 0.29) is 25.3 Å². The van der Waals surface area contributed by atoms with Crippen LogP contribution in [0.3, 0.4) is 0 Å². The Hall–Kier alpha value is -1.56. The van der Waals surface area contributed by atoms with Crippen molar-refractivity contribution in [2.24, 2.45) is 0 Å². The van der Waals surface area contributed by atoms with E-state index in [1.165, 1.54) is 11.0 Å². The van der Waals surface area contributed by atoms with Crippen molar-refractivity contribution in [2.45, 2.75) is 30.9 Å². The standard InChI is InChI=1S/C12H17NO5/c1-2-6-17-11(16)13-7-9(10(14)15)18-8-12(13)4-3-5-12/h2,9H,1,3-8H2,(H,14,15). The van der Waals surface area contributed by atoms with Crippen molar-refractivity contribution < 1.29 is 24.2 Å². The molecular formula is C12H17NO5. The van der Waals surface area contributed by atoms with Crippen molar-refractivity contribution in [3.63, 3.8) is 0 Å². The summed E-state index contributed by atoms with van der Waals surface area (Å²) in [5, 5.41) is 8.95. The number of carboxylic acid groups (broad SMARTS) is 1. The Labute approximate surface area is 105 Å². The smallest absolute Gasteiger partial charge is 0.410 e. The van der Waals surface area contributed by atoms with Gasteiger partial charge in [0.1, 0.15) is 6.61 Å². The Bertz CT molecular complexity index is 363. The third-order valence-electron chi connectivity index (χ3n) is 3.58. The zero-order valence-corrected chi connectivity index (χ0v) is 10.1. The fourth-order valence-electron chi connectivity index (χ4n) is 2.37. The Morgan fingerprint density at radius 2 is 2.28 bits per heavy atom. The second-order valence-electron chi connectivity index (χ2n) is 4.69. The van der Waals surface area contributed by atoms with Gasteiger partial charge in [0.05, 0.1) is 18.7 Å². The highest BCUT2D eigenvalue weighted by molar-refractivity contribution is 5.75. The fourth-order valence-corrected chi connectivity index (χ4v) is 2.37. The SMILES string of the molecule is C=CCOC(=O)N1CC(C(=O)O)OCC12CCC2. The molecule has 1 saturated heterocycles. The van der Waals surface area contributed by atoms with Gasteiger partial charge < -0.3 is 14.6 Å². The van der Waals surface area contributed by atoms with Crippen LogP contribution in [0.4, 0.5) is 4.79 Å². The number of nitrogens with zero attached hydrogens (tertiary/aromatic N) is 1. The monoisotopic (exact) mass is 255 g/mol. The third kappa shape index (κ3) is 2.20. The molecule has 6 nitrogen and oxygen atoms in total. The summed E-state index contributed by atoms with van der Waals surface area (Å²) in [4.78, 5) is 24.4. The van der Waals surface area contributed by atoms with Crippen LogP contribution in [0, 0.1) is 0 Å². The molecule has 1 atom stereocenters. The van der Waals surface area contributed by atoms with Gasteiger partial charge in [-0.25, -0.2) is 9.59 Å². The molecule has 0 radical (unpaired) electrons. The Morgan fingerprint density at radius 1 is 1.56 bits per heavy atom. The molecule has 0 aromatic rings. The first kappa shape index (κ1) is 12.9. The minimum atomic E-state index is -1.05. The third-order valence-corrected chi connectivity index (χ3v) is 3.58. The highest BCUT2D eigenvalue weighted by Gasteiger charge is 2.50. The number of ether oxygens (including phenoxy) is 2. The van der Waals surface area contributed by atoms with E-state index in [1.54, 1.807) is 0 Å². The van der Waals surface area contributed by atoms with Crippen molar-refractivity contribution in [3.8, 4) is 0 Å². The summed E-state index contributed by atoms with van der Waals surface area (Å²) in [7, 11) is 0. The number of carbonyl (C=O) groups is 2. The van der Waals surface area contributed by atoms with Gasteiger partial charge in [0.2, 0.25) is 0 Å². The molecule has 100 valence electrons. The van der Waals surface area contributed by atoms with Gasteiger partial charge in [0.15, 0.2) is 6.10 Å². The predicted molar refractivity (Wildman–Crippen MR) is 62.2 cm³/mol. The van der Waals surface area contributed by atoms with E-state index in [0.717, 1.165) is 19.3 Å². The van der Waals surface area contributed by atoms with Gasteiger partial charge in [-0.1, -0.05) is 12.7 Å². The molecule has 1 N–H and O–H groups in total. The summed E-state index contributed by atoms with van der Waals surface area (Å²) in [5.41, 5.74) is -0.357. The van der Waals surface area contributed by atoms with Crippen LogP contribution in [-0.2, 0) is 14.3 Å². The highest BCUT2D eigenvalue weighted by Crippen LogP contribution is 2.41. The van der Waals surface area contributed by atoms with E-state index in [1.807, 2.05) is 0 Å². The lowest BCUT2D eigenvalue weighted by Gasteiger charge is -2.52. The lowest BCUT2D eigenvalue weighted by molar-refractivity contribution is -0.171. The van der Waals surface area contributed by atoms with Gasteiger partial charge in [0.25, 0.3) is 0 Å². The van der Waals surface area contributed by atoms with Crippen molar-refractivity contribution in [1.29, 1.82) is 0 Å². The minimum Gasteiger partial charge on any atom is -0.479 e. The minimum absolute atomic E-state index is 0.0469. The summed E-state index contributed by atoms with van der Waals surface area (Å²) in [5.74, 6) is -1.05. The first-order valence-electron chi connectivity index (χ1n) is 5.99. The van der Waals surface area contributed by atoms with Gasteiger partial charge in [-0.05, 0) is 19.3 Å². The van der Waals surface area contributed by atoms with E-state index in [0.29, 0.717) is 0 Å². The molecule has 0 aromatic heterocycles. The number of aliphatic carboxylic acids is 1. The van der Waals surface area contributed by atoms with Gasteiger partial charge in [-0.3, -0.25) is 4.90 Å². The summed E-state index contributed by atoms with van der Waals surface area (Å²) >= 11 is 0. The fraction of sp³-hybridized carbons (Fsp3) is 0.667. The van der Waals surface area contributed by atoms with E-state index in [2.05, 4.69) is 6.58 Å². The molecule has 6 heteroatoms. The van der Waals surface area contributed by atoms with Gasteiger partial charge >= 0.3 is 12.1 Å². The summed E-state index contributed by atoms with van der Waals surface area (Å²) in [6.45, 7) is 3.92. The average molecular weight is 255 g/mol. The number of morpholine rings is 1. The van der Waals surface area contributed by atoms with Crippen LogP contribution >= 0.6 is 0 Å². The van der Waals surface area contributed by atoms with Crippen LogP contribution in [0.25, 0.3) is 0 Å². The molecule has 1 amide bonds. The van der Waals surface area contributed by atoms with Gasteiger partial charge in [-0.15, -0.1) is 0 Å². The number of hydrogen-bond acceptors (Lipinski definition) is 4. The molecule has 0 aromatic carbocycles. The van der Waals surface area contributed by atoms with Crippen LogP contribution in [0.2, 0.25) is 0 Å². The highest BCUT2D eigenvalue weighted by atomic mass is 16.6. The van der Waals surface area contributed by atoms with E-state index in [9.17, 15) is 9.59 Å². The zero-order chi connectivity index (χ0) is 13.2. The normalized spacial score (nSPS) is 25.3. The molecule has 1 heterocycles. The van der Waals surface area contributed by atoms with Crippen molar-refractivity contribution in [3.05, 3.63) is 12.7 Å². The molecule has 1 unspecified atom stereocenters. The molecule has 1 aliphatic carbocycles. The zero-order valence-electron chi connectivity index (χ0n) is 10.1. The van der Waals surface area contributed by atoms with Crippen molar-refractivity contribution in [2.75, 3.05) is 19.8 Å². The molecule has 0 bridgehead atoms. The molecule has 2 fully saturated rings. The van der Waals surface area contributed by atoms with E-state index in [4.69, 9.17) is 14.6 Å².